The molecule has 0 unspecified atom stereocenters. The maximum Gasteiger partial charge on any atom is 0.312 e. The van der Waals surface area contributed by atoms with Crippen LogP contribution >= 0.6 is 0 Å². The third kappa shape index (κ3) is 9.19. The molecule has 0 spiro atoms. The first-order valence-electron chi connectivity index (χ1n) is 8.14. The van der Waals surface area contributed by atoms with Gasteiger partial charge >= 0.3 is 12.0 Å². The Morgan fingerprint density at radius 2 is 1.76 bits per heavy atom. The molecule has 0 bridgehead atoms. The second-order valence-corrected chi connectivity index (χ2v) is 5.75. The highest BCUT2D eigenvalue weighted by atomic mass is 16.5. The van der Waals surface area contributed by atoms with Gasteiger partial charge in [0.15, 0.2) is 6.61 Å². The van der Waals surface area contributed by atoms with Crippen molar-refractivity contribution in [1.29, 1.82) is 0 Å². The van der Waals surface area contributed by atoms with Crippen LogP contribution in [0.25, 0.3) is 0 Å². The van der Waals surface area contributed by atoms with E-state index in [1.54, 1.807) is 12.1 Å². The molecule has 0 atom stereocenters. The number of nitrogens with one attached hydrogen (secondary N) is 2. The summed E-state index contributed by atoms with van der Waals surface area (Å²) in [6.45, 7) is 0.177. The Hall–Kier alpha value is -2.77. The van der Waals surface area contributed by atoms with E-state index in [0.29, 0.717) is 18.7 Å². The van der Waals surface area contributed by atoms with Crippen LogP contribution in [0.1, 0.15) is 25.7 Å². The molecule has 0 saturated carbocycles. The highest BCUT2D eigenvalue weighted by Crippen LogP contribution is 2.15. The summed E-state index contributed by atoms with van der Waals surface area (Å²) in [7, 11) is 3.86. The van der Waals surface area contributed by atoms with Crippen molar-refractivity contribution in [3.8, 4) is 0 Å². The normalized spacial score (nSPS) is 10.0. The van der Waals surface area contributed by atoms with Crippen molar-refractivity contribution in [3.63, 3.8) is 0 Å². The zero-order chi connectivity index (χ0) is 18.7. The number of unbranched alkanes of at least 4 members (excludes halogenated alkanes) is 2. The number of hydrogen-bond donors (Lipinski definition) is 3. The number of anilines is 2. The Balaban J connectivity index is 2.16. The van der Waals surface area contributed by atoms with E-state index in [4.69, 9.17) is 10.5 Å². The Morgan fingerprint density at radius 3 is 2.36 bits per heavy atom. The molecule has 0 heterocycles. The number of benzene rings is 1. The number of ether oxygens (including phenoxy) is 1. The third-order valence-electron chi connectivity index (χ3n) is 3.39. The number of carbonyl (C=O) groups is 3. The number of esters is 1. The maximum absolute atomic E-state index is 11.8. The summed E-state index contributed by atoms with van der Waals surface area (Å²) in [5, 5.41) is 5.14. The molecule has 4 N–H and O–H groups in total. The van der Waals surface area contributed by atoms with E-state index >= 15 is 0 Å². The molecule has 0 aliphatic carbocycles. The van der Waals surface area contributed by atoms with Crippen LogP contribution < -0.4 is 21.3 Å². The van der Waals surface area contributed by atoms with Crippen LogP contribution in [-0.4, -0.2) is 45.2 Å². The van der Waals surface area contributed by atoms with Crippen LogP contribution in [0.2, 0.25) is 0 Å². The van der Waals surface area contributed by atoms with E-state index in [9.17, 15) is 14.4 Å². The maximum atomic E-state index is 11.8. The summed E-state index contributed by atoms with van der Waals surface area (Å²) in [5.41, 5.74) is 6.61. The van der Waals surface area contributed by atoms with Crippen LogP contribution in [0.3, 0.4) is 0 Å². The molecule has 3 amide bonds. The minimum absolute atomic E-state index is 0.237. The highest BCUT2D eigenvalue weighted by Gasteiger charge is 2.08. The van der Waals surface area contributed by atoms with Crippen molar-refractivity contribution in [2.45, 2.75) is 25.7 Å². The lowest BCUT2D eigenvalue weighted by Gasteiger charge is -2.13. The Labute approximate surface area is 147 Å². The Morgan fingerprint density at radius 1 is 1.08 bits per heavy atom. The third-order valence-corrected chi connectivity index (χ3v) is 3.39. The minimum atomic E-state index is -0.554. The van der Waals surface area contributed by atoms with Crippen molar-refractivity contribution in [2.24, 2.45) is 5.73 Å². The van der Waals surface area contributed by atoms with Crippen molar-refractivity contribution in [1.82, 2.24) is 5.32 Å². The van der Waals surface area contributed by atoms with Gasteiger partial charge in [-0.25, -0.2) is 4.79 Å². The SMILES string of the molecule is CN(C)c1ccc(NC(=O)COC(=O)CCCCCNC(N)=O)cc1. The smallest absolute Gasteiger partial charge is 0.312 e. The van der Waals surface area contributed by atoms with Gasteiger partial charge in [-0.3, -0.25) is 9.59 Å². The van der Waals surface area contributed by atoms with Crippen molar-refractivity contribution >= 4 is 29.3 Å². The van der Waals surface area contributed by atoms with Crippen LogP contribution in [0, 0.1) is 0 Å². The number of carbonyl (C=O) groups excluding carboxylic acids is 3. The molecule has 0 fully saturated rings. The number of nitrogens with zero attached hydrogens (tertiary/aromatic N) is 1. The standard InChI is InChI=1S/C17H26N4O4/c1-21(2)14-9-7-13(8-10-14)20-15(22)12-25-16(23)6-4-3-5-11-19-17(18)24/h7-10H,3-6,11-12H2,1-2H3,(H,20,22)(H3,18,19,24). The minimum Gasteiger partial charge on any atom is -0.456 e. The number of amides is 3. The predicted molar refractivity (Wildman–Crippen MR) is 96.4 cm³/mol. The highest BCUT2D eigenvalue weighted by molar-refractivity contribution is 5.92. The monoisotopic (exact) mass is 350 g/mol. The molecular formula is C17H26N4O4. The van der Waals surface area contributed by atoms with Gasteiger partial charge in [0.05, 0.1) is 0 Å². The Bertz CT molecular complexity index is 573. The zero-order valence-electron chi connectivity index (χ0n) is 14.7. The van der Waals surface area contributed by atoms with E-state index in [-0.39, 0.29) is 18.9 Å². The molecular weight excluding hydrogens is 324 g/mol. The van der Waals surface area contributed by atoms with Gasteiger partial charge in [0.25, 0.3) is 5.91 Å². The predicted octanol–water partition coefficient (Wildman–Crippen LogP) is 1.46. The van der Waals surface area contributed by atoms with Crippen LogP contribution in [-0.2, 0) is 14.3 Å². The average Bonchev–Trinajstić information content (AvgIpc) is 2.56. The first-order chi connectivity index (χ1) is 11.9. The Kier molecular flexibility index (Phi) is 8.84. The fraction of sp³-hybridized carbons (Fsp3) is 0.471. The van der Waals surface area contributed by atoms with Gasteiger partial charge in [0, 0.05) is 38.4 Å². The number of rotatable bonds is 10. The largest absolute Gasteiger partial charge is 0.456 e. The fourth-order valence-electron chi connectivity index (χ4n) is 2.04. The van der Waals surface area contributed by atoms with Crippen LogP contribution in [0.4, 0.5) is 16.2 Å². The first kappa shape index (κ1) is 20.3. The fourth-order valence-corrected chi connectivity index (χ4v) is 2.04. The van der Waals surface area contributed by atoms with Gasteiger partial charge < -0.3 is 26.0 Å². The van der Waals surface area contributed by atoms with Crippen molar-refractivity contribution < 1.29 is 19.1 Å². The van der Waals surface area contributed by atoms with E-state index in [1.807, 2.05) is 31.1 Å². The molecule has 0 radical (unpaired) electrons. The second-order valence-electron chi connectivity index (χ2n) is 5.75. The van der Waals surface area contributed by atoms with E-state index in [1.165, 1.54) is 0 Å². The van der Waals surface area contributed by atoms with Gasteiger partial charge in [0.2, 0.25) is 0 Å². The van der Waals surface area contributed by atoms with Crippen LogP contribution in [0.15, 0.2) is 24.3 Å². The second kappa shape index (κ2) is 10.9. The van der Waals surface area contributed by atoms with Crippen LogP contribution in [0.5, 0.6) is 0 Å². The molecule has 138 valence electrons. The molecule has 8 nitrogen and oxygen atoms in total. The number of nitrogens with two attached hydrogens (primary N) is 1. The van der Waals surface area contributed by atoms with E-state index in [2.05, 4.69) is 10.6 Å². The lowest BCUT2D eigenvalue weighted by molar-refractivity contribution is -0.147. The molecule has 8 heteroatoms. The van der Waals surface area contributed by atoms with Crippen molar-refractivity contribution in [3.05, 3.63) is 24.3 Å². The molecule has 1 aromatic carbocycles. The zero-order valence-corrected chi connectivity index (χ0v) is 14.7. The molecule has 0 aliphatic heterocycles. The van der Waals surface area contributed by atoms with Gasteiger partial charge in [-0.05, 0) is 37.1 Å². The molecule has 0 aliphatic rings. The quantitative estimate of drug-likeness (QED) is 0.437. The van der Waals surface area contributed by atoms with Gasteiger partial charge in [0.1, 0.15) is 0 Å². The van der Waals surface area contributed by atoms with E-state index < -0.39 is 12.0 Å². The van der Waals surface area contributed by atoms with Gasteiger partial charge in [-0.2, -0.15) is 0 Å². The average molecular weight is 350 g/mol. The summed E-state index contributed by atoms with van der Waals surface area (Å²) in [6, 6.07) is 6.79. The summed E-state index contributed by atoms with van der Waals surface area (Å²) >= 11 is 0. The molecule has 1 rings (SSSR count). The summed E-state index contributed by atoms with van der Waals surface area (Å²) in [6.07, 6.45) is 2.37. The molecule has 0 aromatic heterocycles. The topological polar surface area (TPSA) is 114 Å². The molecule has 25 heavy (non-hydrogen) atoms. The van der Waals surface area contributed by atoms with Gasteiger partial charge in [-0.1, -0.05) is 6.42 Å². The number of urea groups is 1. The molecule has 1 aromatic rings. The van der Waals surface area contributed by atoms with Crippen molar-refractivity contribution in [2.75, 3.05) is 37.5 Å². The lowest BCUT2D eigenvalue weighted by atomic mass is 10.2. The summed E-state index contributed by atoms with van der Waals surface area (Å²) in [5.74, 6) is -0.794. The molecule has 0 saturated heterocycles. The lowest BCUT2D eigenvalue weighted by Crippen LogP contribution is -2.29. The first-order valence-corrected chi connectivity index (χ1v) is 8.14. The number of primary amides is 1. The van der Waals surface area contributed by atoms with Gasteiger partial charge in [-0.15, -0.1) is 0 Å². The summed E-state index contributed by atoms with van der Waals surface area (Å²) < 4.78 is 4.93. The number of hydrogen-bond acceptors (Lipinski definition) is 5. The van der Waals surface area contributed by atoms with E-state index in [0.717, 1.165) is 18.5 Å². The summed E-state index contributed by atoms with van der Waals surface area (Å²) in [4.78, 5) is 35.7.